The summed E-state index contributed by atoms with van der Waals surface area (Å²) in [5, 5.41) is 30.2. The number of non-ortho nitro benzene ring substituents is 1. The van der Waals surface area contributed by atoms with Crippen LogP contribution in [-0.4, -0.2) is 92.1 Å². The Hall–Kier alpha value is -3.41. The van der Waals surface area contributed by atoms with Crippen molar-refractivity contribution in [3.05, 3.63) is 69.5 Å². The average molecular weight is 486 g/mol. The van der Waals surface area contributed by atoms with Crippen molar-refractivity contribution in [1.29, 1.82) is 0 Å². The molecule has 1 aromatic heterocycles. The molecule has 1 aliphatic rings. The van der Waals surface area contributed by atoms with Crippen LogP contribution in [0.3, 0.4) is 0 Å². The van der Waals surface area contributed by atoms with Gasteiger partial charge in [0.15, 0.2) is 0 Å². The molecule has 0 saturated heterocycles. The maximum absolute atomic E-state index is 11.8. The van der Waals surface area contributed by atoms with E-state index in [2.05, 4.69) is 4.90 Å². The Bertz CT molecular complexity index is 1030. The van der Waals surface area contributed by atoms with Crippen LogP contribution in [0.15, 0.2) is 42.5 Å². The maximum atomic E-state index is 11.8. The summed E-state index contributed by atoms with van der Waals surface area (Å²) < 4.78 is 0. The summed E-state index contributed by atoms with van der Waals surface area (Å²) in [4.78, 5) is 44.5. The van der Waals surface area contributed by atoms with E-state index in [1.807, 2.05) is 30.0 Å². The van der Waals surface area contributed by atoms with Gasteiger partial charge in [-0.15, -0.1) is 0 Å². The number of hydrogen-bond acceptors (Lipinski definition) is 8. The van der Waals surface area contributed by atoms with Gasteiger partial charge in [-0.25, -0.2) is 0 Å². The van der Waals surface area contributed by atoms with Crippen LogP contribution in [-0.2, 0) is 29.1 Å². The van der Waals surface area contributed by atoms with Gasteiger partial charge < -0.3 is 10.2 Å². The molecular formula is C24H31N5O6. The molecule has 1 aliphatic heterocycles. The molecule has 188 valence electrons. The van der Waals surface area contributed by atoms with Crippen molar-refractivity contribution < 1.29 is 24.7 Å². The molecule has 1 atom stereocenters. The van der Waals surface area contributed by atoms with Gasteiger partial charge in [0.1, 0.15) is 0 Å². The zero-order valence-corrected chi connectivity index (χ0v) is 19.7. The quantitative estimate of drug-likeness (QED) is 0.419. The first-order valence-corrected chi connectivity index (χ1v) is 11.5. The maximum Gasteiger partial charge on any atom is 0.317 e. The Balaban J connectivity index is 1.96. The van der Waals surface area contributed by atoms with Crippen molar-refractivity contribution >= 4 is 17.6 Å². The minimum Gasteiger partial charge on any atom is -0.480 e. The highest BCUT2D eigenvalue weighted by atomic mass is 16.6. The first-order valence-electron chi connectivity index (χ1n) is 11.5. The summed E-state index contributed by atoms with van der Waals surface area (Å²) in [7, 11) is 0. The minimum absolute atomic E-state index is 0.0214. The second-order valence-electron chi connectivity index (χ2n) is 8.70. The summed E-state index contributed by atoms with van der Waals surface area (Å²) in [6.45, 7) is 4.70. The molecule has 35 heavy (non-hydrogen) atoms. The van der Waals surface area contributed by atoms with Gasteiger partial charge in [0, 0.05) is 50.9 Å². The van der Waals surface area contributed by atoms with Crippen molar-refractivity contribution in [2.24, 2.45) is 0 Å². The zero-order valence-electron chi connectivity index (χ0n) is 19.7. The van der Waals surface area contributed by atoms with Gasteiger partial charge in [-0.3, -0.25) is 39.4 Å². The fourth-order valence-electron chi connectivity index (χ4n) is 4.36. The number of carbonyl (C=O) groups is 2. The van der Waals surface area contributed by atoms with Gasteiger partial charge in [-0.1, -0.05) is 25.1 Å². The Morgan fingerprint density at radius 1 is 1.00 bits per heavy atom. The standard InChI is InChI=1S/C24H31N5O6/c1-2-26-10-11-28(17-24(32)33)22(12-18-6-8-21(9-7-18)29(34)35)15-27(16-23(30)31)14-20-5-3-4-19(13-26)25-20/h3-9,22H,2,10-17H2,1H3,(H,30,31)(H,32,33). The smallest absolute Gasteiger partial charge is 0.317 e. The highest BCUT2D eigenvalue weighted by Gasteiger charge is 2.26. The molecule has 0 spiro atoms. The lowest BCUT2D eigenvalue weighted by Gasteiger charge is -2.36. The topological polar surface area (TPSA) is 140 Å². The predicted octanol–water partition coefficient (Wildman–Crippen LogP) is 1.71. The van der Waals surface area contributed by atoms with E-state index in [4.69, 9.17) is 4.98 Å². The van der Waals surface area contributed by atoms with Crippen molar-refractivity contribution in [1.82, 2.24) is 19.7 Å². The second kappa shape index (κ2) is 12.3. The number of aromatic nitrogens is 1. The Morgan fingerprint density at radius 3 is 2.20 bits per heavy atom. The minimum atomic E-state index is -0.982. The van der Waals surface area contributed by atoms with Gasteiger partial charge in [0.25, 0.3) is 5.69 Å². The SMILES string of the molecule is CCN1CCN(CC(=O)O)C(Cc2ccc([N+](=O)[O-])cc2)CN(CC(=O)O)Cc2cccc(n2)C1. The normalized spacial score (nSPS) is 18.4. The average Bonchev–Trinajstić information content (AvgIpc) is 2.79. The predicted molar refractivity (Wildman–Crippen MR) is 128 cm³/mol. The molecule has 2 bridgehead atoms. The number of carboxylic acid groups (broad SMARTS) is 2. The van der Waals surface area contributed by atoms with Crippen LogP contribution >= 0.6 is 0 Å². The lowest BCUT2D eigenvalue weighted by Crippen LogP contribution is -2.50. The lowest BCUT2D eigenvalue weighted by molar-refractivity contribution is -0.384. The summed E-state index contributed by atoms with van der Waals surface area (Å²) in [5.74, 6) is -1.95. The van der Waals surface area contributed by atoms with E-state index in [0.29, 0.717) is 39.1 Å². The van der Waals surface area contributed by atoms with Crippen molar-refractivity contribution in [3.63, 3.8) is 0 Å². The Morgan fingerprint density at radius 2 is 1.63 bits per heavy atom. The third kappa shape index (κ3) is 8.09. The lowest BCUT2D eigenvalue weighted by atomic mass is 10.0. The number of nitro groups is 1. The molecule has 1 aromatic carbocycles. The first kappa shape index (κ1) is 26.2. The van der Waals surface area contributed by atoms with E-state index in [-0.39, 0.29) is 24.8 Å². The van der Waals surface area contributed by atoms with Gasteiger partial charge >= 0.3 is 11.9 Å². The number of nitrogens with zero attached hydrogens (tertiary/aromatic N) is 5. The largest absolute Gasteiger partial charge is 0.480 e. The molecule has 2 aromatic rings. The first-order chi connectivity index (χ1) is 16.7. The summed E-state index contributed by atoms with van der Waals surface area (Å²) >= 11 is 0. The van der Waals surface area contributed by atoms with E-state index in [1.54, 1.807) is 17.0 Å². The number of aliphatic carboxylic acids is 2. The molecule has 11 nitrogen and oxygen atoms in total. The number of benzene rings is 1. The van der Waals surface area contributed by atoms with Gasteiger partial charge in [0.05, 0.1) is 29.4 Å². The van der Waals surface area contributed by atoms with E-state index in [1.165, 1.54) is 12.1 Å². The summed E-state index contributed by atoms with van der Waals surface area (Å²) in [5.41, 5.74) is 2.42. The molecule has 2 heterocycles. The molecule has 1 unspecified atom stereocenters. The Labute approximate surface area is 203 Å². The number of carboxylic acids is 2. The van der Waals surface area contributed by atoms with Crippen LogP contribution in [0.1, 0.15) is 23.9 Å². The molecule has 2 N–H and O–H groups in total. The van der Waals surface area contributed by atoms with E-state index in [9.17, 15) is 29.9 Å². The second-order valence-corrected chi connectivity index (χ2v) is 8.70. The molecule has 0 radical (unpaired) electrons. The zero-order chi connectivity index (χ0) is 25.4. The molecule has 0 amide bonds. The fourth-order valence-corrected chi connectivity index (χ4v) is 4.36. The van der Waals surface area contributed by atoms with E-state index < -0.39 is 16.9 Å². The van der Waals surface area contributed by atoms with Gasteiger partial charge in [-0.2, -0.15) is 0 Å². The highest BCUT2D eigenvalue weighted by molar-refractivity contribution is 5.69. The molecular weight excluding hydrogens is 454 g/mol. The van der Waals surface area contributed by atoms with Crippen molar-refractivity contribution in [2.75, 3.05) is 39.3 Å². The molecule has 0 aliphatic carbocycles. The van der Waals surface area contributed by atoms with Gasteiger partial charge in [-0.05, 0) is 30.7 Å². The number of rotatable bonds is 8. The molecule has 3 rings (SSSR count). The van der Waals surface area contributed by atoms with Crippen molar-refractivity contribution in [3.8, 4) is 0 Å². The monoisotopic (exact) mass is 485 g/mol. The van der Waals surface area contributed by atoms with Crippen LogP contribution < -0.4 is 0 Å². The summed E-state index contributed by atoms with van der Waals surface area (Å²) in [6.07, 6.45) is 0.418. The third-order valence-electron chi connectivity index (χ3n) is 6.09. The van der Waals surface area contributed by atoms with Crippen LogP contribution in [0, 0.1) is 10.1 Å². The van der Waals surface area contributed by atoms with Crippen molar-refractivity contribution in [2.45, 2.75) is 32.5 Å². The van der Waals surface area contributed by atoms with Crippen LogP contribution in [0.5, 0.6) is 0 Å². The number of pyridine rings is 1. The van der Waals surface area contributed by atoms with Gasteiger partial charge in [0.2, 0.25) is 0 Å². The van der Waals surface area contributed by atoms with Crippen LogP contribution in [0.25, 0.3) is 0 Å². The molecule has 11 heteroatoms. The number of fused-ring (bicyclic) bond motifs is 2. The molecule has 0 fully saturated rings. The number of likely N-dealkylation sites (N-methyl/N-ethyl adjacent to an activating group) is 1. The van der Waals surface area contributed by atoms with Crippen LogP contribution in [0.4, 0.5) is 5.69 Å². The van der Waals surface area contributed by atoms with Crippen LogP contribution in [0.2, 0.25) is 0 Å². The summed E-state index contributed by atoms with van der Waals surface area (Å²) in [6, 6.07) is 11.6. The fraction of sp³-hybridized carbons (Fsp3) is 0.458. The van der Waals surface area contributed by atoms with E-state index >= 15 is 0 Å². The molecule has 0 saturated carbocycles. The van der Waals surface area contributed by atoms with E-state index in [0.717, 1.165) is 23.5 Å². The highest BCUT2D eigenvalue weighted by Crippen LogP contribution is 2.18. The number of hydrogen-bond donors (Lipinski definition) is 2. The third-order valence-corrected chi connectivity index (χ3v) is 6.09. The Kier molecular flexibility index (Phi) is 9.24. The number of nitro benzene ring substituents is 1.